The molecule has 1 aliphatic carbocycles. The van der Waals surface area contributed by atoms with Gasteiger partial charge in [0, 0.05) is 22.3 Å². The molecule has 1 heterocycles. The first kappa shape index (κ1) is 18.3. The molecule has 0 aliphatic heterocycles. The first-order chi connectivity index (χ1) is 9.50. The summed E-state index contributed by atoms with van der Waals surface area (Å²) < 4.78 is 0. The second kappa shape index (κ2) is 6.98. The Morgan fingerprint density at radius 2 is 1.57 bits per heavy atom. The zero-order valence-electron chi connectivity index (χ0n) is 13.8. The molecule has 0 atom stereocenters. The van der Waals surface area contributed by atoms with Crippen molar-refractivity contribution >= 4 is 23.2 Å². The second-order valence-electron chi connectivity index (χ2n) is 7.32. The number of allylic oxidation sites excluding steroid dienone is 4. The minimum absolute atomic E-state index is 0.116. The molecule has 0 amide bonds. The summed E-state index contributed by atoms with van der Waals surface area (Å²) in [7, 11) is 0. The van der Waals surface area contributed by atoms with Gasteiger partial charge in [0.2, 0.25) is 0 Å². The quantitative estimate of drug-likeness (QED) is 0.529. The lowest BCUT2D eigenvalue weighted by atomic mass is 9.86. The van der Waals surface area contributed by atoms with E-state index in [1.807, 2.05) is 12.1 Å². The normalized spacial score (nSPS) is 15.0. The predicted octanol–water partition coefficient (Wildman–Crippen LogP) is 6.52. The molecule has 0 saturated heterocycles. The van der Waals surface area contributed by atoms with Crippen LogP contribution in [0.25, 0.3) is 0 Å². The molecular formula is C18H25Cl2N. The van der Waals surface area contributed by atoms with Gasteiger partial charge in [-0.1, -0.05) is 76.4 Å². The molecule has 116 valence electrons. The summed E-state index contributed by atoms with van der Waals surface area (Å²) in [6, 6.07) is 3.83. The molecule has 0 radical (unpaired) electrons. The van der Waals surface area contributed by atoms with Gasteiger partial charge in [-0.2, -0.15) is 0 Å². The van der Waals surface area contributed by atoms with E-state index in [2.05, 4.69) is 58.7 Å². The molecular weight excluding hydrogens is 301 g/mol. The Bertz CT molecular complexity index is 526. The summed E-state index contributed by atoms with van der Waals surface area (Å²) in [5.74, 6) is 0. The highest BCUT2D eigenvalue weighted by atomic mass is 35.5. The number of hydrogen-bond acceptors (Lipinski definition) is 1. The lowest BCUT2D eigenvalue weighted by Crippen LogP contribution is -2.12. The van der Waals surface area contributed by atoms with Gasteiger partial charge in [0.05, 0.1) is 5.02 Å². The number of aromatic nitrogens is 1. The van der Waals surface area contributed by atoms with E-state index in [0.717, 1.165) is 17.1 Å². The van der Waals surface area contributed by atoms with Crippen LogP contribution in [0.5, 0.6) is 0 Å². The van der Waals surface area contributed by atoms with E-state index in [-0.39, 0.29) is 10.8 Å². The van der Waals surface area contributed by atoms with E-state index < -0.39 is 0 Å². The van der Waals surface area contributed by atoms with Crippen molar-refractivity contribution in [2.75, 3.05) is 0 Å². The highest BCUT2D eigenvalue weighted by Gasteiger charge is 2.18. The van der Waals surface area contributed by atoms with Crippen LogP contribution in [0.3, 0.4) is 0 Å². The smallest absolute Gasteiger partial charge is 0.0589 e. The highest BCUT2D eigenvalue weighted by molar-refractivity contribution is 6.31. The predicted molar refractivity (Wildman–Crippen MR) is 94.0 cm³/mol. The molecule has 0 aromatic carbocycles. The summed E-state index contributed by atoms with van der Waals surface area (Å²) in [4.78, 5) is 4.22. The Morgan fingerprint density at radius 1 is 0.952 bits per heavy atom. The SMILES string of the molecule is CC(C)(C)C1=CC(Cl)=CC1.CC(C)(C)c1ccc(Cl)cn1. The van der Waals surface area contributed by atoms with E-state index >= 15 is 0 Å². The zero-order chi connectivity index (χ0) is 16.3. The van der Waals surface area contributed by atoms with Crippen molar-refractivity contribution in [3.05, 3.63) is 51.8 Å². The van der Waals surface area contributed by atoms with Crippen molar-refractivity contribution in [3.63, 3.8) is 0 Å². The maximum atomic E-state index is 5.80. The standard InChI is InChI=1S/C9H12ClN.C9H13Cl/c1-9(2,3)8-5-4-7(10)6-11-8;1-9(2,3)7-4-5-8(10)6-7/h4-6H,1-3H3;5-6H,4H2,1-3H3. The van der Waals surface area contributed by atoms with Gasteiger partial charge in [-0.3, -0.25) is 4.98 Å². The van der Waals surface area contributed by atoms with Crippen LogP contribution in [0.4, 0.5) is 0 Å². The Morgan fingerprint density at radius 3 is 1.86 bits per heavy atom. The molecule has 1 nitrogen and oxygen atoms in total. The van der Waals surface area contributed by atoms with E-state index in [4.69, 9.17) is 23.2 Å². The van der Waals surface area contributed by atoms with Gasteiger partial charge in [-0.15, -0.1) is 0 Å². The fourth-order valence-electron chi connectivity index (χ4n) is 1.83. The summed E-state index contributed by atoms with van der Waals surface area (Å²) in [5.41, 5.74) is 2.90. The van der Waals surface area contributed by atoms with Crippen LogP contribution >= 0.6 is 23.2 Å². The van der Waals surface area contributed by atoms with Crippen molar-refractivity contribution in [2.45, 2.75) is 53.4 Å². The fourth-order valence-corrected chi connectivity index (χ4v) is 2.15. The lowest BCUT2D eigenvalue weighted by molar-refractivity contribution is 0.496. The maximum Gasteiger partial charge on any atom is 0.0589 e. The Labute approximate surface area is 139 Å². The van der Waals surface area contributed by atoms with Gasteiger partial charge in [0.15, 0.2) is 0 Å². The van der Waals surface area contributed by atoms with Gasteiger partial charge in [0.1, 0.15) is 0 Å². The lowest BCUT2D eigenvalue weighted by Gasteiger charge is -2.19. The third-order valence-corrected chi connectivity index (χ3v) is 3.78. The van der Waals surface area contributed by atoms with Crippen molar-refractivity contribution in [1.82, 2.24) is 4.98 Å². The Kier molecular flexibility index (Phi) is 6.07. The second-order valence-corrected chi connectivity index (χ2v) is 8.20. The minimum Gasteiger partial charge on any atom is -0.259 e. The molecule has 1 aromatic rings. The number of rotatable bonds is 0. The molecule has 0 N–H and O–H groups in total. The maximum absolute atomic E-state index is 5.80. The monoisotopic (exact) mass is 325 g/mol. The molecule has 0 bridgehead atoms. The van der Waals surface area contributed by atoms with E-state index in [9.17, 15) is 0 Å². The van der Waals surface area contributed by atoms with Crippen LogP contribution in [0.1, 0.15) is 53.7 Å². The van der Waals surface area contributed by atoms with Crippen molar-refractivity contribution in [1.29, 1.82) is 0 Å². The van der Waals surface area contributed by atoms with E-state index in [1.165, 1.54) is 5.57 Å². The molecule has 0 spiro atoms. The van der Waals surface area contributed by atoms with Crippen molar-refractivity contribution in [2.24, 2.45) is 5.41 Å². The Balaban J connectivity index is 0.000000211. The summed E-state index contributed by atoms with van der Waals surface area (Å²) in [5, 5.41) is 1.59. The first-order valence-electron chi connectivity index (χ1n) is 7.19. The van der Waals surface area contributed by atoms with Crippen LogP contribution in [0.15, 0.2) is 41.1 Å². The van der Waals surface area contributed by atoms with Crippen LogP contribution < -0.4 is 0 Å². The summed E-state index contributed by atoms with van der Waals surface area (Å²) in [6.07, 6.45) is 6.84. The highest BCUT2D eigenvalue weighted by Crippen LogP contribution is 2.34. The number of halogens is 2. The molecule has 0 saturated carbocycles. The summed E-state index contributed by atoms with van der Waals surface area (Å²) in [6.45, 7) is 13.0. The van der Waals surface area contributed by atoms with Crippen LogP contribution in [0, 0.1) is 5.41 Å². The summed E-state index contributed by atoms with van der Waals surface area (Å²) >= 11 is 11.5. The van der Waals surface area contributed by atoms with E-state index in [0.29, 0.717) is 5.02 Å². The third-order valence-electron chi connectivity index (χ3n) is 3.29. The van der Waals surface area contributed by atoms with E-state index in [1.54, 1.807) is 6.20 Å². The first-order valence-corrected chi connectivity index (χ1v) is 7.94. The molecule has 2 rings (SSSR count). The zero-order valence-corrected chi connectivity index (χ0v) is 15.3. The minimum atomic E-state index is 0.116. The van der Waals surface area contributed by atoms with Gasteiger partial charge >= 0.3 is 0 Å². The molecule has 3 heteroatoms. The van der Waals surface area contributed by atoms with Crippen LogP contribution in [-0.4, -0.2) is 4.98 Å². The Hall–Kier alpha value is -0.790. The number of pyridine rings is 1. The van der Waals surface area contributed by atoms with Gasteiger partial charge in [-0.05, 0) is 30.0 Å². The molecule has 0 unspecified atom stereocenters. The molecule has 1 aromatic heterocycles. The van der Waals surface area contributed by atoms with Crippen molar-refractivity contribution in [3.8, 4) is 0 Å². The largest absolute Gasteiger partial charge is 0.259 e. The number of nitrogens with zero attached hydrogens (tertiary/aromatic N) is 1. The molecule has 0 fully saturated rings. The average Bonchev–Trinajstić information content (AvgIpc) is 2.76. The van der Waals surface area contributed by atoms with Crippen LogP contribution in [-0.2, 0) is 5.41 Å². The van der Waals surface area contributed by atoms with Gasteiger partial charge < -0.3 is 0 Å². The van der Waals surface area contributed by atoms with Crippen LogP contribution in [0.2, 0.25) is 5.02 Å². The van der Waals surface area contributed by atoms with Gasteiger partial charge in [0.25, 0.3) is 0 Å². The number of hydrogen-bond donors (Lipinski definition) is 0. The molecule has 1 aliphatic rings. The molecule has 21 heavy (non-hydrogen) atoms. The topological polar surface area (TPSA) is 12.9 Å². The average molecular weight is 326 g/mol. The fraction of sp³-hybridized carbons (Fsp3) is 0.500. The third kappa shape index (κ3) is 6.23. The van der Waals surface area contributed by atoms with Crippen molar-refractivity contribution < 1.29 is 0 Å². The van der Waals surface area contributed by atoms with Gasteiger partial charge in [-0.25, -0.2) is 0 Å².